The number of carbonyl (C=O) groups excluding carboxylic acids is 3. The van der Waals surface area contributed by atoms with Crippen LogP contribution in [0.5, 0.6) is 5.75 Å². The standard InChI is InChI=1S/C41H43N5O8/c47-38(42-20-21-52-27-32-10-4-1-5-11-32)25-46(23-31-16-18-34(19-17-31)28-53-36-14-8-3-9-15-36)40(50)37(22-35-24-45(30-43-35)26-39(48)49)44-41(51)54-29-33-12-6-2-7-13-33/h1-19,24,30,37H,20-23,25-29H2,(H,42,47)(H,44,51)(H,48,49)/t37-/m0/s1. The zero-order valence-corrected chi connectivity index (χ0v) is 29.7. The highest BCUT2D eigenvalue weighted by Crippen LogP contribution is 2.15. The van der Waals surface area contributed by atoms with E-state index in [0.717, 1.165) is 28.0 Å². The summed E-state index contributed by atoms with van der Waals surface area (Å²) in [5, 5.41) is 14.7. The fourth-order valence-electron chi connectivity index (χ4n) is 5.40. The van der Waals surface area contributed by atoms with Gasteiger partial charge in [-0.1, -0.05) is 103 Å². The second kappa shape index (κ2) is 20.5. The van der Waals surface area contributed by atoms with Gasteiger partial charge in [-0.15, -0.1) is 0 Å². The quantitative estimate of drug-likeness (QED) is 0.0960. The van der Waals surface area contributed by atoms with Gasteiger partial charge in [-0.2, -0.15) is 0 Å². The fourth-order valence-corrected chi connectivity index (χ4v) is 5.40. The van der Waals surface area contributed by atoms with Crippen molar-refractivity contribution in [3.05, 3.63) is 156 Å². The minimum absolute atomic E-state index is 0.0282. The SMILES string of the molecule is O=C(O)Cn1cnc(C[C@H](NC(=O)OCc2ccccc2)C(=O)N(CC(=O)NCCOCc2ccccc2)Cc2ccc(COc3ccccc3)cc2)c1. The largest absolute Gasteiger partial charge is 0.489 e. The van der Waals surface area contributed by atoms with Crippen LogP contribution in [0.4, 0.5) is 4.79 Å². The average molecular weight is 734 g/mol. The first-order valence-electron chi connectivity index (χ1n) is 17.4. The third-order valence-electron chi connectivity index (χ3n) is 8.09. The van der Waals surface area contributed by atoms with E-state index in [9.17, 15) is 24.3 Å². The van der Waals surface area contributed by atoms with Crippen LogP contribution in [0.3, 0.4) is 0 Å². The van der Waals surface area contributed by atoms with Gasteiger partial charge < -0.3 is 39.4 Å². The third kappa shape index (κ3) is 13.3. The van der Waals surface area contributed by atoms with Gasteiger partial charge >= 0.3 is 12.1 Å². The number of carboxylic acid groups (broad SMARTS) is 1. The van der Waals surface area contributed by atoms with Crippen LogP contribution in [0.25, 0.3) is 0 Å². The van der Waals surface area contributed by atoms with Crippen molar-refractivity contribution in [2.75, 3.05) is 19.7 Å². The van der Waals surface area contributed by atoms with Gasteiger partial charge in [0.2, 0.25) is 11.8 Å². The third-order valence-corrected chi connectivity index (χ3v) is 8.09. The number of carboxylic acids is 1. The number of imidazole rings is 1. The number of para-hydroxylation sites is 1. The molecule has 3 N–H and O–H groups in total. The summed E-state index contributed by atoms with van der Waals surface area (Å²) >= 11 is 0. The zero-order valence-electron chi connectivity index (χ0n) is 29.7. The Balaban J connectivity index is 1.29. The molecule has 0 aliphatic rings. The van der Waals surface area contributed by atoms with Crippen molar-refractivity contribution in [3.63, 3.8) is 0 Å². The van der Waals surface area contributed by atoms with Gasteiger partial charge in [0.25, 0.3) is 0 Å². The van der Waals surface area contributed by atoms with E-state index >= 15 is 0 Å². The van der Waals surface area contributed by atoms with Gasteiger partial charge in [0.05, 0.1) is 31.8 Å². The lowest BCUT2D eigenvalue weighted by Gasteiger charge is -2.27. The van der Waals surface area contributed by atoms with Crippen molar-refractivity contribution >= 4 is 23.9 Å². The van der Waals surface area contributed by atoms with Crippen molar-refractivity contribution in [2.45, 2.75) is 45.4 Å². The second-order valence-corrected chi connectivity index (χ2v) is 12.4. The smallest absolute Gasteiger partial charge is 0.408 e. The number of aliphatic carboxylic acids is 1. The maximum Gasteiger partial charge on any atom is 0.408 e. The number of aromatic nitrogens is 2. The molecule has 1 heterocycles. The lowest BCUT2D eigenvalue weighted by atomic mass is 10.1. The van der Waals surface area contributed by atoms with Crippen molar-refractivity contribution in [1.29, 1.82) is 0 Å². The normalized spacial score (nSPS) is 11.3. The first-order valence-corrected chi connectivity index (χ1v) is 17.4. The molecular weight excluding hydrogens is 690 g/mol. The summed E-state index contributed by atoms with van der Waals surface area (Å²) in [5.74, 6) is -1.31. The summed E-state index contributed by atoms with van der Waals surface area (Å²) in [4.78, 5) is 57.6. The second-order valence-electron chi connectivity index (χ2n) is 12.4. The molecule has 0 bridgehead atoms. The van der Waals surface area contributed by atoms with Crippen LogP contribution in [0.2, 0.25) is 0 Å². The van der Waals surface area contributed by atoms with Crippen molar-refractivity contribution in [1.82, 2.24) is 25.1 Å². The number of nitrogens with zero attached hydrogens (tertiary/aromatic N) is 3. The van der Waals surface area contributed by atoms with Crippen LogP contribution in [0, 0.1) is 0 Å². The van der Waals surface area contributed by atoms with Crippen LogP contribution < -0.4 is 15.4 Å². The van der Waals surface area contributed by atoms with Crippen molar-refractivity contribution in [3.8, 4) is 5.75 Å². The molecule has 0 unspecified atom stereocenters. The minimum Gasteiger partial charge on any atom is -0.489 e. The lowest BCUT2D eigenvalue weighted by molar-refractivity contribution is -0.138. The summed E-state index contributed by atoms with van der Waals surface area (Å²) in [6, 6.07) is 34.5. The highest BCUT2D eigenvalue weighted by Gasteiger charge is 2.29. The fraction of sp³-hybridized carbons (Fsp3) is 0.244. The Morgan fingerprint density at radius 3 is 2.04 bits per heavy atom. The predicted octanol–water partition coefficient (Wildman–Crippen LogP) is 4.75. The molecule has 1 atom stereocenters. The zero-order chi connectivity index (χ0) is 38.0. The van der Waals surface area contributed by atoms with Crippen LogP contribution >= 0.6 is 0 Å². The van der Waals surface area contributed by atoms with Gasteiger partial charge in [-0.05, 0) is 34.4 Å². The summed E-state index contributed by atoms with van der Waals surface area (Å²) < 4.78 is 18.3. The Labute approximate surface area is 313 Å². The number of amides is 3. The van der Waals surface area contributed by atoms with E-state index in [1.54, 1.807) is 12.1 Å². The molecule has 0 fully saturated rings. The summed E-state index contributed by atoms with van der Waals surface area (Å²) in [5.41, 5.74) is 3.77. The minimum atomic E-state index is -1.21. The Hall–Kier alpha value is -6.47. The van der Waals surface area contributed by atoms with Gasteiger partial charge in [0, 0.05) is 25.7 Å². The van der Waals surface area contributed by atoms with Gasteiger partial charge in [-0.3, -0.25) is 14.4 Å². The van der Waals surface area contributed by atoms with E-state index in [-0.39, 0.29) is 45.8 Å². The summed E-state index contributed by atoms with van der Waals surface area (Å²) in [6.45, 7) is 0.584. The summed E-state index contributed by atoms with van der Waals surface area (Å²) in [6.07, 6.45) is 1.90. The lowest BCUT2D eigenvalue weighted by Crippen LogP contribution is -2.52. The first-order chi connectivity index (χ1) is 26.3. The van der Waals surface area contributed by atoms with E-state index in [1.165, 1.54) is 22.0 Å². The molecule has 3 amide bonds. The van der Waals surface area contributed by atoms with Gasteiger partial charge in [0.1, 0.15) is 31.5 Å². The number of nitrogens with one attached hydrogen (secondary N) is 2. The van der Waals surface area contributed by atoms with Crippen LogP contribution in [0.1, 0.15) is 27.9 Å². The van der Waals surface area contributed by atoms with Crippen molar-refractivity contribution < 1.29 is 38.5 Å². The first kappa shape index (κ1) is 38.8. The van der Waals surface area contributed by atoms with Gasteiger partial charge in [0.15, 0.2) is 0 Å². The van der Waals surface area contributed by atoms with E-state index in [4.69, 9.17) is 14.2 Å². The topological polar surface area (TPSA) is 161 Å². The number of carbonyl (C=O) groups is 4. The molecule has 13 heteroatoms. The molecule has 54 heavy (non-hydrogen) atoms. The van der Waals surface area contributed by atoms with Crippen LogP contribution in [-0.2, 0) is 63.2 Å². The number of hydrogen-bond acceptors (Lipinski definition) is 8. The predicted molar refractivity (Wildman–Crippen MR) is 199 cm³/mol. The number of rotatable bonds is 20. The van der Waals surface area contributed by atoms with E-state index in [1.807, 2.05) is 103 Å². The molecular formula is C41H43N5O8. The molecule has 0 saturated heterocycles. The van der Waals surface area contributed by atoms with Crippen molar-refractivity contribution in [2.24, 2.45) is 0 Å². The Kier molecular flexibility index (Phi) is 14.7. The van der Waals surface area contributed by atoms with Crippen LogP contribution in [0.15, 0.2) is 128 Å². The Morgan fingerprint density at radius 2 is 1.37 bits per heavy atom. The molecule has 1 aromatic heterocycles. The van der Waals surface area contributed by atoms with E-state index in [0.29, 0.717) is 18.9 Å². The highest BCUT2D eigenvalue weighted by molar-refractivity contribution is 5.89. The average Bonchev–Trinajstić information content (AvgIpc) is 3.62. The monoisotopic (exact) mass is 733 g/mol. The number of benzene rings is 4. The molecule has 0 saturated carbocycles. The number of ether oxygens (including phenoxy) is 3. The molecule has 5 rings (SSSR count). The van der Waals surface area contributed by atoms with Gasteiger partial charge in [-0.25, -0.2) is 9.78 Å². The molecule has 0 aliphatic heterocycles. The summed E-state index contributed by atoms with van der Waals surface area (Å²) in [7, 11) is 0. The highest BCUT2D eigenvalue weighted by atomic mass is 16.5. The maximum absolute atomic E-state index is 14.3. The maximum atomic E-state index is 14.3. The van der Waals surface area contributed by atoms with E-state index in [2.05, 4.69) is 15.6 Å². The van der Waals surface area contributed by atoms with Crippen LogP contribution in [-0.4, -0.2) is 69.2 Å². The molecule has 0 aliphatic carbocycles. The molecule has 4 aromatic carbocycles. The number of hydrogen-bond donors (Lipinski definition) is 3. The Morgan fingerprint density at radius 1 is 0.759 bits per heavy atom. The Bertz CT molecular complexity index is 1920. The molecule has 13 nitrogen and oxygen atoms in total. The molecule has 5 aromatic rings. The molecule has 0 radical (unpaired) electrons. The van der Waals surface area contributed by atoms with E-state index < -0.39 is 29.9 Å². The molecule has 280 valence electrons. The number of alkyl carbamates (subject to hydrolysis) is 1. The molecule has 0 spiro atoms.